The molecule has 0 saturated carbocycles. The van der Waals surface area contributed by atoms with Gasteiger partial charge in [-0.1, -0.05) is 20.3 Å². The molecule has 2 unspecified atom stereocenters. The van der Waals surface area contributed by atoms with E-state index in [4.69, 9.17) is 10.5 Å². The lowest BCUT2D eigenvalue weighted by molar-refractivity contribution is -0.147. The van der Waals surface area contributed by atoms with Gasteiger partial charge in [0.15, 0.2) is 0 Å². The van der Waals surface area contributed by atoms with Gasteiger partial charge < -0.3 is 15.8 Å². The van der Waals surface area contributed by atoms with E-state index in [1.165, 1.54) is 7.11 Å². The Morgan fingerprint density at radius 1 is 1.41 bits per heavy atom. The molecule has 0 rings (SSSR count). The molecular weight excluding hydrogens is 220 g/mol. The van der Waals surface area contributed by atoms with E-state index in [0.717, 1.165) is 6.42 Å². The van der Waals surface area contributed by atoms with Crippen molar-refractivity contribution in [1.82, 2.24) is 5.32 Å². The predicted molar refractivity (Wildman–Crippen MR) is 66.2 cm³/mol. The van der Waals surface area contributed by atoms with Gasteiger partial charge >= 0.3 is 5.97 Å². The molecule has 17 heavy (non-hydrogen) atoms. The van der Waals surface area contributed by atoms with Crippen LogP contribution in [0.4, 0.5) is 0 Å². The second-order valence-corrected chi connectivity index (χ2v) is 4.95. The fourth-order valence-electron chi connectivity index (χ4n) is 1.23. The second-order valence-electron chi connectivity index (χ2n) is 4.95. The standard InChI is InChI=1S/C12H24N2O3/c1-6-8(2)9(10(15)17-5)14-11(16)12(3,4)7-13/h8-9H,6-7,13H2,1-5H3,(H,14,16). The Labute approximate surface area is 103 Å². The van der Waals surface area contributed by atoms with Crippen LogP contribution in [0.2, 0.25) is 0 Å². The van der Waals surface area contributed by atoms with Crippen LogP contribution in [0, 0.1) is 11.3 Å². The minimum absolute atomic E-state index is 0.0278. The van der Waals surface area contributed by atoms with E-state index in [2.05, 4.69) is 5.32 Å². The summed E-state index contributed by atoms with van der Waals surface area (Å²) >= 11 is 0. The molecule has 2 atom stereocenters. The molecule has 0 fully saturated rings. The minimum Gasteiger partial charge on any atom is -0.467 e. The summed E-state index contributed by atoms with van der Waals surface area (Å²) in [7, 11) is 1.32. The van der Waals surface area contributed by atoms with Gasteiger partial charge in [0, 0.05) is 6.54 Å². The zero-order valence-electron chi connectivity index (χ0n) is 11.4. The van der Waals surface area contributed by atoms with Crippen LogP contribution in [0.3, 0.4) is 0 Å². The van der Waals surface area contributed by atoms with E-state index in [1.807, 2.05) is 13.8 Å². The van der Waals surface area contributed by atoms with Crippen LogP contribution >= 0.6 is 0 Å². The van der Waals surface area contributed by atoms with Crippen LogP contribution in [0.15, 0.2) is 0 Å². The lowest BCUT2D eigenvalue weighted by Gasteiger charge is -2.27. The number of carbonyl (C=O) groups excluding carboxylic acids is 2. The van der Waals surface area contributed by atoms with Gasteiger partial charge in [-0.2, -0.15) is 0 Å². The van der Waals surface area contributed by atoms with Gasteiger partial charge in [-0.05, 0) is 19.8 Å². The lowest BCUT2D eigenvalue weighted by Crippen LogP contribution is -2.51. The van der Waals surface area contributed by atoms with Crippen LogP contribution in [-0.2, 0) is 14.3 Å². The highest BCUT2D eigenvalue weighted by Crippen LogP contribution is 2.16. The Bertz CT molecular complexity index is 277. The number of hydrogen-bond donors (Lipinski definition) is 2. The van der Waals surface area contributed by atoms with E-state index < -0.39 is 17.4 Å². The molecule has 0 radical (unpaired) electrons. The number of methoxy groups -OCH3 is 1. The molecule has 0 aliphatic carbocycles. The average Bonchev–Trinajstić information content (AvgIpc) is 2.33. The SMILES string of the molecule is CCC(C)C(NC(=O)C(C)(C)CN)C(=O)OC. The molecule has 0 aliphatic rings. The molecule has 0 heterocycles. The molecule has 0 aliphatic heterocycles. The predicted octanol–water partition coefficient (Wildman–Crippen LogP) is 0.675. The third kappa shape index (κ3) is 4.34. The van der Waals surface area contributed by atoms with Gasteiger partial charge in [-0.25, -0.2) is 4.79 Å². The third-order valence-electron chi connectivity index (χ3n) is 3.08. The zero-order valence-corrected chi connectivity index (χ0v) is 11.4. The first-order chi connectivity index (χ1) is 7.80. The summed E-state index contributed by atoms with van der Waals surface area (Å²) in [5, 5.41) is 2.72. The van der Waals surface area contributed by atoms with E-state index in [9.17, 15) is 9.59 Å². The summed E-state index contributed by atoms with van der Waals surface area (Å²) in [6, 6.07) is -0.608. The molecule has 1 amide bonds. The normalized spacial score (nSPS) is 14.9. The Hall–Kier alpha value is -1.10. The molecule has 5 nitrogen and oxygen atoms in total. The molecule has 0 bridgehead atoms. The Morgan fingerprint density at radius 2 is 1.94 bits per heavy atom. The number of esters is 1. The Kier molecular flexibility index (Phi) is 6.16. The van der Waals surface area contributed by atoms with Crippen LogP contribution in [0.25, 0.3) is 0 Å². The largest absolute Gasteiger partial charge is 0.467 e. The molecule has 0 saturated heterocycles. The van der Waals surface area contributed by atoms with Crippen molar-refractivity contribution in [3.05, 3.63) is 0 Å². The highest BCUT2D eigenvalue weighted by Gasteiger charge is 2.32. The Morgan fingerprint density at radius 3 is 2.29 bits per heavy atom. The maximum atomic E-state index is 11.9. The van der Waals surface area contributed by atoms with Crippen molar-refractivity contribution in [2.24, 2.45) is 17.1 Å². The molecule has 0 aromatic heterocycles. The topological polar surface area (TPSA) is 81.4 Å². The fourth-order valence-corrected chi connectivity index (χ4v) is 1.23. The number of carbonyl (C=O) groups is 2. The first-order valence-corrected chi connectivity index (χ1v) is 5.89. The van der Waals surface area contributed by atoms with Crippen LogP contribution < -0.4 is 11.1 Å². The van der Waals surface area contributed by atoms with Crippen molar-refractivity contribution in [2.45, 2.75) is 40.2 Å². The van der Waals surface area contributed by atoms with Crippen molar-refractivity contribution in [3.8, 4) is 0 Å². The summed E-state index contributed by atoms with van der Waals surface area (Å²) in [5.41, 5.74) is 4.84. The van der Waals surface area contributed by atoms with Crippen LogP contribution in [0.5, 0.6) is 0 Å². The van der Waals surface area contributed by atoms with E-state index in [1.54, 1.807) is 13.8 Å². The molecular formula is C12H24N2O3. The van der Waals surface area contributed by atoms with Crippen LogP contribution in [0.1, 0.15) is 34.1 Å². The zero-order chi connectivity index (χ0) is 13.6. The summed E-state index contributed by atoms with van der Waals surface area (Å²) in [6.07, 6.45) is 0.781. The van der Waals surface area contributed by atoms with Gasteiger partial charge in [0.25, 0.3) is 0 Å². The molecule has 0 spiro atoms. The maximum absolute atomic E-state index is 11.9. The molecule has 3 N–H and O–H groups in total. The lowest BCUT2D eigenvalue weighted by atomic mass is 9.91. The second kappa shape index (κ2) is 6.59. The van der Waals surface area contributed by atoms with E-state index in [-0.39, 0.29) is 18.4 Å². The fraction of sp³-hybridized carbons (Fsp3) is 0.833. The molecule has 5 heteroatoms. The van der Waals surface area contributed by atoms with Crippen LogP contribution in [-0.4, -0.2) is 31.6 Å². The number of nitrogens with two attached hydrogens (primary N) is 1. The number of amides is 1. The maximum Gasteiger partial charge on any atom is 0.328 e. The van der Waals surface area contributed by atoms with Crippen molar-refractivity contribution in [1.29, 1.82) is 0 Å². The van der Waals surface area contributed by atoms with Crippen molar-refractivity contribution >= 4 is 11.9 Å². The minimum atomic E-state index is -0.681. The first kappa shape index (κ1) is 15.9. The summed E-state index contributed by atoms with van der Waals surface area (Å²) in [5.74, 6) is -0.615. The van der Waals surface area contributed by atoms with Gasteiger partial charge in [-0.15, -0.1) is 0 Å². The van der Waals surface area contributed by atoms with Crippen molar-refractivity contribution in [3.63, 3.8) is 0 Å². The van der Waals surface area contributed by atoms with Crippen molar-refractivity contribution in [2.75, 3.05) is 13.7 Å². The number of ether oxygens (including phenoxy) is 1. The highest BCUT2D eigenvalue weighted by molar-refractivity contribution is 5.87. The average molecular weight is 244 g/mol. The monoisotopic (exact) mass is 244 g/mol. The van der Waals surface area contributed by atoms with Gasteiger partial charge in [0.1, 0.15) is 6.04 Å². The molecule has 100 valence electrons. The summed E-state index contributed by atoms with van der Waals surface area (Å²) in [6.45, 7) is 7.58. The van der Waals surface area contributed by atoms with Gasteiger partial charge in [-0.3, -0.25) is 4.79 Å². The Balaban J connectivity index is 4.77. The highest BCUT2D eigenvalue weighted by atomic mass is 16.5. The van der Waals surface area contributed by atoms with Crippen molar-refractivity contribution < 1.29 is 14.3 Å². The number of rotatable bonds is 6. The summed E-state index contributed by atoms with van der Waals surface area (Å²) < 4.78 is 4.70. The number of hydrogen-bond acceptors (Lipinski definition) is 4. The smallest absolute Gasteiger partial charge is 0.328 e. The van der Waals surface area contributed by atoms with Gasteiger partial charge in [0.2, 0.25) is 5.91 Å². The molecule has 0 aromatic rings. The summed E-state index contributed by atoms with van der Waals surface area (Å²) in [4.78, 5) is 23.5. The van der Waals surface area contributed by atoms with E-state index >= 15 is 0 Å². The first-order valence-electron chi connectivity index (χ1n) is 5.89. The van der Waals surface area contributed by atoms with E-state index in [0.29, 0.717) is 0 Å². The third-order valence-corrected chi connectivity index (χ3v) is 3.08. The van der Waals surface area contributed by atoms with Gasteiger partial charge in [0.05, 0.1) is 12.5 Å². The quantitative estimate of drug-likeness (QED) is 0.673. The molecule has 0 aromatic carbocycles. The number of nitrogens with one attached hydrogen (secondary N) is 1.